The Balaban J connectivity index is 1.63. The Hall–Kier alpha value is -3.83. The average molecular weight is 445 g/mol. The maximum Gasteiger partial charge on any atom is 0.318 e. The van der Waals surface area contributed by atoms with Gasteiger partial charge in [0, 0.05) is 31.5 Å². The molecule has 0 saturated carbocycles. The molecule has 0 radical (unpaired) electrons. The summed E-state index contributed by atoms with van der Waals surface area (Å²) in [6.45, 7) is 2.57. The Kier molecular flexibility index (Phi) is 6.61. The van der Waals surface area contributed by atoms with Gasteiger partial charge in [0.2, 0.25) is 5.89 Å². The van der Waals surface area contributed by atoms with Crippen LogP contribution >= 0.6 is 0 Å². The molecule has 168 valence electrons. The van der Waals surface area contributed by atoms with E-state index in [-0.39, 0.29) is 24.0 Å². The zero-order valence-corrected chi connectivity index (χ0v) is 18.5. The fourth-order valence-electron chi connectivity index (χ4n) is 3.87. The Morgan fingerprint density at radius 3 is 2.76 bits per heavy atom. The van der Waals surface area contributed by atoms with Gasteiger partial charge in [0.05, 0.1) is 5.52 Å². The molecular formula is C25H24FN5O2. The number of aromatic nitrogens is 3. The van der Waals surface area contributed by atoms with E-state index in [1.807, 2.05) is 43.1 Å². The molecule has 7 nitrogen and oxygen atoms in total. The number of anilines is 1. The van der Waals surface area contributed by atoms with Crippen molar-refractivity contribution in [2.24, 2.45) is 0 Å². The number of aliphatic hydroxyl groups is 1. The van der Waals surface area contributed by atoms with Gasteiger partial charge in [0.1, 0.15) is 17.6 Å². The molecule has 4 aromatic rings. The number of halogens is 1. The Bertz CT molecular complexity index is 1310. The van der Waals surface area contributed by atoms with Crippen molar-refractivity contribution in [3.8, 4) is 17.2 Å². The van der Waals surface area contributed by atoms with Gasteiger partial charge >= 0.3 is 6.01 Å². The molecule has 0 bridgehead atoms. The second kappa shape index (κ2) is 9.76. The predicted molar refractivity (Wildman–Crippen MR) is 123 cm³/mol. The van der Waals surface area contributed by atoms with Gasteiger partial charge in [-0.15, -0.1) is 5.10 Å². The minimum Gasteiger partial charge on any atom is -0.408 e. The van der Waals surface area contributed by atoms with Gasteiger partial charge in [-0.3, -0.25) is 0 Å². The molecule has 0 spiro atoms. The first-order valence-corrected chi connectivity index (χ1v) is 10.8. The molecule has 1 atom stereocenters. The molecule has 4 rings (SSSR count). The number of benzene rings is 2. The van der Waals surface area contributed by atoms with Crippen LogP contribution in [0.2, 0.25) is 0 Å². The lowest BCUT2D eigenvalue weighted by molar-refractivity contribution is 0.263. The highest BCUT2D eigenvalue weighted by Gasteiger charge is 2.19. The Morgan fingerprint density at radius 2 is 2.03 bits per heavy atom. The van der Waals surface area contributed by atoms with E-state index in [9.17, 15) is 14.8 Å². The van der Waals surface area contributed by atoms with Gasteiger partial charge in [-0.05, 0) is 53.8 Å². The summed E-state index contributed by atoms with van der Waals surface area (Å²) in [6.07, 6.45) is 1.38. The van der Waals surface area contributed by atoms with E-state index in [0.717, 1.165) is 22.9 Å². The van der Waals surface area contributed by atoms with Crippen LogP contribution in [0, 0.1) is 17.1 Å². The fourth-order valence-corrected chi connectivity index (χ4v) is 3.87. The highest BCUT2D eigenvalue weighted by molar-refractivity contribution is 5.95. The lowest BCUT2D eigenvalue weighted by Gasteiger charge is -2.15. The summed E-state index contributed by atoms with van der Waals surface area (Å²) >= 11 is 0. The maximum atomic E-state index is 13.8. The van der Waals surface area contributed by atoms with Gasteiger partial charge in [-0.2, -0.15) is 5.26 Å². The number of aliphatic hydroxyl groups excluding tert-OH is 1. The summed E-state index contributed by atoms with van der Waals surface area (Å²) in [6, 6.07) is 16.3. The molecule has 2 aromatic heterocycles. The molecule has 1 unspecified atom stereocenters. The minimum atomic E-state index is -0.336. The van der Waals surface area contributed by atoms with Crippen LogP contribution < -0.4 is 4.90 Å². The second-order valence-electron chi connectivity index (χ2n) is 7.93. The number of pyridine rings is 1. The molecule has 2 heterocycles. The molecule has 0 aliphatic rings. The summed E-state index contributed by atoms with van der Waals surface area (Å²) in [5.41, 5.74) is 3.31. The maximum absolute atomic E-state index is 13.8. The number of fused-ring (bicyclic) bond motifs is 1. The first-order chi connectivity index (χ1) is 16.0. The zero-order chi connectivity index (χ0) is 23.4. The first kappa shape index (κ1) is 22.4. The minimum absolute atomic E-state index is 0.0279. The average Bonchev–Trinajstić information content (AvgIpc) is 3.32. The summed E-state index contributed by atoms with van der Waals surface area (Å²) in [7, 11) is 1.85. The molecule has 2 aromatic carbocycles. The second-order valence-corrected chi connectivity index (χ2v) is 7.93. The van der Waals surface area contributed by atoms with Crippen molar-refractivity contribution in [1.29, 1.82) is 5.26 Å². The van der Waals surface area contributed by atoms with Crippen molar-refractivity contribution in [1.82, 2.24) is 15.2 Å². The third-order valence-electron chi connectivity index (χ3n) is 5.62. The summed E-state index contributed by atoms with van der Waals surface area (Å²) in [4.78, 5) is 6.29. The van der Waals surface area contributed by atoms with Crippen molar-refractivity contribution in [3.63, 3.8) is 0 Å². The van der Waals surface area contributed by atoms with Crippen molar-refractivity contribution < 1.29 is 13.9 Å². The fraction of sp³-hybridized carbons (Fsp3) is 0.280. The summed E-state index contributed by atoms with van der Waals surface area (Å²) in [5, 5.41) is 27.8. The van der Waals surface area contributed by atoms with Crippen molar-refractivity contribution in [2.75, 3.05) is 18.6 Å². The van der Waals surface area contributed by atoms with Crippen LogP contribution in [0.5, 0.6) is 0 Å². The molecule has 0 aliphatic carbocycles. The van der Waals surface area contributed by atoms with Crippen molar-refractivity contribution in [2.45, 2.75) is 32.2 Å². The molecule has 33 heavy (non-hydrogen) atoms. The van der Waals surface area contributed by atoms with Crippen LogP contribution in [0.3, 0.4) is 0 Å². The van der Waals surface area contributed by atoms with Gasteiger partial charge in [-0.1, -0.05) is 36.3 Å². The van der Waals surface area contributed by atoms with E-state index < -0.39 is 0 Å². The van der Waals surface area contributed by atoms with Gasteiger partial charge in [0.25, 0.3) is 0 Å². The molecule has 0 saturated heterocycles. The standard InChI is InChI=1S/C25H24FN5O2/c1-3-17(9-10-32)24-29-30-25(33-24)31(2)15-16-7-8-21-22(18-5-4-6-19(26)12-18)13-20(14-27)28-23(21)11-16/h4-8,11-13,17,32H,3,9-10,15H2,1-2H3. The number of nitrogens with zero attached hydrogens (tertiary/aromatic N) is 5. The van der Waals surface area contributed by atoms with Crippen LogP contribution in [0.1, 0.15) is 42.8 Å². The molecular weight excluding hydrogens is 421 g/mol. The van der Waals surface area contributed by atoms with E-state index in [0.29, 0.717) is 36.0 Å². The Morgan fingerprint density at radius 1 is 1.18 bits per heavy atom. The molecule has 8 heteroatoms. The summed E-state index contributed by atoms with van der Waals surface area (Å²) < 4.78 is 19.6. The van der Waals surface area contributed by atoms with E-state index in [1.165, 1.54) is 12.1 Å². The van der Waals surface area contributed by atoms with E-state index in [2.05, 4.69) is 21.3 Å². The van der Waals surface area contributed by atoms with Gasteiger partial charge in [0.15, 0.2) is 0 Å². The number of rotatable bonds is 8. The third kappa shape index (κ3) is 4.83. The highest BCUT2D eigenvalue weighted by Crippen LogP contribution is 2.30. The van der Waals surface area contributed by atoms with Crippen LogP contribution in [0.25, 0.3) is 22.0 Å². The number of nitriles is 1. The number of hydrogen-bond acceptors (Lipinski definition) is 7. The van der Waals surface area contributed by atoms with Gasteiger partial charge < -0.3 is 14.4 Å². The molecule has 1 N–H and O–H groups in total. The SMILES string of the molecule is CCC(CCO)c1nnc(N(C)Cc2ccc3c(-c4cccc(F)c4)cc(C#N)nc3c2)o1. The number of hydrogen-bond donors (Lipinski definition) is 1. The smallest absolute Gasteiger partial charge is 0.318 e. The third-order valence-corrected chi connectivity index (χ3v) is 5.62. The van der Waals surface area contributed by atoms with E-state index in [1.54, 1.807) is 12.1 Å². The highest BCUT2D eigenvalue weighted by atomic mass is 19.1. The first-order valence-electron chi connectivity index (χ1n) is 10.8. The zero-order valence-electron chi connectivity index (χ0n) is 18.5. The van der Waals surface area contributed by atoms with E-state index in [4.69, 9.17) is 4.42 Å². The van der Waals surface area contributed by atoms with Crippen LogP contribution in [0.4, 0.5) is 10.4 Å². The molecule has 0 fully saturated rings. The lowest BCUT2D eigenvalue weighted by atomic mass is 9.99. The largest absolute Gasteiger partial charge is 0.408 e. The van der Waals surface area contributed by atoms with Crippen molar-refractivity contribution in [3.05, 3.63) is 71.5 Å². The van der Waals surface area contributed by atoms with Gasteiger partial charge in [-0.25, -0.2) is 9.37 Å². The predicted octanol–water partition coefficient (Wildman–Crippen LogP) is 4.81. The normalized spacial score (nSPS) is 12.0. The van der Waals surface area contributed by atoms with Crippen molar-refractivity contribution >= 4 is 16.9 Å². The topological polar surface area (TPSA) is 99.1 Å². The van der Waals surface area contributed by atoms with Crippen LogP contribution in [-0.2, 0) is 6.54 Å². The molecule has 0 aliphatic heterocycles. The van der Waals surface area contributed by atoms with Crippen LogP contribution in [-0.4, -0.2) is 33.9 Å². The van der Waals surface area contributed by atoms with Crippen LogP contribution in [0.15, 0.2) is 52.9 Å². The lowest BCUT2D eigenvalue weighted by Crippen LogP contribution is -2.16. The summed E-state index contributed by atoms with van der Waals surface area (Å²) in [5.74, 6) is 0.213. The quantitative estimate of drug-likeness (QED) is 0.415. The Labute approximate surface area is 191 Å². The monoisotopic (exact) mass is 445 g/mol. The molecule has 0 amide bonds. The van der Waals surface area contributed by atoms with E-state index >= 15 is 0 Å².